The first-order valence-corrected chi connectivity index (χ1v) is 19.6. The van der Waals surface area contributed by atoms with Crippen LogP contribution in [0.4, 0.5) is 0 Å². The summed E-state index contributed by atoms with van der Waals surface area (Å²) in [6.07, 6.45) is 0.381. The molecule has 27 heavy (non-hydrogen) atoms. The van der Waals surface area contributed by atoms with Crippen LogP contribution in [0.1, 0.15) is 12.5 Å². The maximum atomic E-state index is 12.5. The molecule has 0 aliphatic carbocycles. The summed E-state index contributed by atoms with van der Waals surface area (Å²) in [4.78, 5) is 12.5. The molecular formula is C19H37NO4Si3. The van der Waals surface area contributed by atoms with Crippen molar-refractivity contribution in [1.82, 2.24) is 0 Å². The van der Waals surface area contributed by atoms with Crippen LogP contribution in [0.5, 0.6) is 11.5 Å². The van der Waals surface area contributed by atoms with Crippen molar-refractivity contribution in [2.24, 2.45) is 5.73 Å². The van der Waals surface area contributed by atoms with Gasteiger partial charge < -0.3 is 19.0 Å². The smallest absolute Gasteiger partial charge is 0.312 e. The van der Waals surface area contributed by atoms with Crippen molar-refractivity contribution in [2.75, 3.05) is 0 Å². The highest BCUT2D eigenvalue weighted by molar-refractivity contribution is 6.71. The molecule has 0 heterocycles. The fraction of sp³-hybridized carbons (Fsp3) is 0.632. The molecule has 0 amide bonds. The zero-order valence-electron chi connectivity index (χ0n) is 18.6. The molecule has 0 spiro atoms. The number of hydrogen-bond acceptors (Lipinski definition) is 5. The summed E-state index contributed by atoms with van der Waals surface area (Å²) < 4.78 is 18.1. The Morgan fingerprint density at radius 3 is 1.81 bits per heavy atom. The molecule has 1 aromatic rings. The van der Waals surface area contributed by atoms with Crippen molar-refractivity contribution in [3.63, 3.8) is 0 Å². The first-order chi connectivity index (χ1) is 11.9. The number of hydrogen-bond donors (Lipinski definition) is 1. The average Bonchev–Trinajstić information content (AvgIpc) is 2.36. The van der Waals surface area contributed by atoms with Gasteiger partial charge in [0, 0.05) is 6.42 Å². The molecule has 1 rings (SSSR count). The topological polar surface area (TPSA) is 70.8 Å². The van der Waals surface area contributed by atoms with Crippen LogP contribution in [-0.2, 0) is 15.6 Å². The molecule has 1 unspecified atom stereocenters. The van der Waals surface area contributed by atoms with Gasteiger partial charge in [-0.15, -0.1) is 0 Å². The number of carbonyl (C=O) groups is 1. The number of rotatable bonds is 8. The maximum absolute atomic E-state index is 12.5. The van der Waals surface area contributed by atoms with Crippen LogP contribution in [0.25, 0.3) is 0 Å². The molecule has 8 heteroatoms. The van der Waals surface area contributed by atoms with Gasteiger partial charge in [-0.1, -0.05) is 6.07 Å². The minimum atomic E-state index is -1.99. The normalized spacial score (nSPS) is 15.1. The van der Waals surface area contributed by atoms with E-state index in [0.29, 0.717) is 6.42 Å². The summed E-state index contributed by atoms with van der Waals surface area (Å²) >= 11 is 0. The van der Waals surface area contributed by atoms with Crippen LogP contribution < -0.4 is 14.6 Å². The fourth-order valence-electron chi connectivity index (χ4n) is 2.38. The highest BCUT2D eigenvalue weighted by atomic mass is 28.4. The summed E-state index contributed by atoms with van der Waals surface area (Å²) in [5, 5.41) is 0. The van der Waals surface area contributed by atoms with Crippen LogP contribution in [0.3, 0.4) is 0 Å². The van der Waals surface area contributed by atoms with Crippen LogP contribution in [0.15, 0.2) is 18.2 Å². The second kappa shape index (κ2) is 8.10. The Hall–Kier alpha value is -1.10. The second-order valence-corrected chi connectivity index (χ2v) is 23.6. The Labute approximate surface area is 168 Å². The quantitative estimate of drug-likeness (QED) is 0.606. The van der Waals surface area contributed by atoms with Crippen LogP contribution in [-0.4, -0.2) is 36.5 Å². The van der Waals surface area contributed by atoms with Crippen LogP contribution >= 0.6 is 0 Å². The van der Waals surface area contributed by atoms with Crippen LogP contribution in [0.2, 0.25) is 58.9 Å². The van der Waals surface area contributed by atoms with Gasteiger partial charge in [0.2, 0.25) is 25.0 Å². The van der Waals surface area contributed by atoms with E-state index in [4.69, 9.17) is 19.0 Å². The minimum absolute atomic E-state index is 0.350. The molecule has 0 fully saturated rings. The highest BCUT2D eigenvalue weighted by Gasteiger charge is 2.34. The molecule has 0 saturated carbocycles. The summed E-state index contributed by atoms with van der Waals surface area (Å²) in [5.74, 6) is 1.16. The van der Waals surface area contributed by atoms with Gasteiger partial charge >= 0.3 is 5.97 Å². The van der Waals surface area contributed by atoms with Crippen LogP contribution in [0, 0.1) is 0 Å². The van der Waals surface area contributed by atoms with E-state index >= 15 is 0 Å². The molecule has 2 N–H and O–H groups in total. The lowest BCUT2D eigenvalue weighted by molar-refractivity contribution is -0.140. The van der Waals surface area contributed by atoms with Gasteiger partial charge in [-0.25, -0.2) is 0 Å². The predicted octanol–water partition coefficient (Wildman–Crippen LogP) is 4.75. The SMILES string of the molecule is CC(N)(Cc1ccc(O[Si](C)(C)C)c(O[Si](C)(C)C)c1)C(=O)O[Si](C)(C)C. The molecule has 1 atom stereocenters. The monoisotopic (exact) mass is 427 g/mol. The lowest BCUT2D eigenvalue weighted by atomic mass is 9.94. The Morgan fingerprint density at radius 2 is 1.37 bits per heavy atom. The van der Waals surface area contributed by atoms with Crippen molar-refractivity contribution in [3.05, 3.63) is 23.8 Å². The molecule has 0 radical (unpaired) electrons. The number of carbonyl (C=O) groups excluding carboxylic acids is 1. The molecule has 154 valence electrons. The molecule has 0 aliphatic heterocycles. The van der Waals surface area contributed by atoms with E-state index in [2.05, 4.69) is 39.3 Å². The second-order valence-electron chi connectivity index (χ2n) is 10.3. The third-order valence-corrected chi connectivity index (χ3v) is 5.74. The maximum Gasteiger partial charge on any atom is 0.312 e. The zero-order chi connectivity index (χ0) is 21.3. The van der Waals surface area contributed by atoms with Crippen molar-refractivity contribution in [3.8, 4) is 11.5 Å². The van der Waals surface area contributed by atoms with E-state index in [1.807, 2.05) is 37.8 Å². The minimum Gasteiger partial charge on any atom is -0.542 e. The summed E-state index contributed by atoms with van der Waals surface area (Å²) in [6, 6.07) is 5.85. The number of benzene rings is 1. The average molecular weight is 428 g/mol. The first-order valence-electron chi connectivity index (χ1n) is 9.41. The molecule has 0 aromatic heterocycles. The van der Waals surface area contributed by atoms with Gasteiger partial charge in [0.1, 0.15) is 17.0 Å². The first kappa shape index (κ1) is 23.9. The van der Waals surface area contributed by atoms with E-state index in [-0.39, 0.29) is 5.97 Å². The van der Waals surface area contributed by atoms with Crippen molar-refractivity contribution in [2.45, 2.75) is 77.8 Å². The lowest BCUT2D eigenvalue weighted by Crippen LogP contribution is -2.51. The largest absolute Gasteiger partial charge is 0.542 e. The number of nitrogens with two attached hydrogens (primary N) is 1. The van der Waals surface area contributed by atoms with Gasteiger partial charge in [-0.3, -0.25) is 4.79 Å². The molecule has 0 bridgehead atoms. The van der Waals surface area contributed by atoms with E-state index in [1.54, 1.807) is 6.92 Å². The Balaban J connectivity index is 3.15. The van der Waals surface area contributed by atoms with Crippen molar-refractivity contribution < 1.29 is 18.1 Å². The van der Waals surface area contributed by atoms with Gasteiger partial charge in [0.25, 0.3) is 0 Å². The summed E-state index contributed by atoms with van der Waals surface area (Å²) in [7, 11) is -5.58. The molecule has 0 aliphatic rings. The summed E-state index contributed by atoms with van der Waals surface area (Å²) in [5.41, 5.74) is 6.16. The third kappa shape index (κ3) is 9.09. The van der Waals surface area contributed by atoms with Gasteiger partial charge in [-0.2, -0.15) is 0 Å². The lowest BCUT2D eigenvalue weighted by Gasteiger charge is -2.29. The van der Waals surface area contributed by atoms with Gasteiger partial charge in [0.15, 0.2) is 0 Å². The van der Waals surface area contributed by atoms with Gasteiger partial charge in [0.05, 0.1) is 0 Å². The molecule has 5 nitrogen and oxygen atoms in total. The predicted molar refractivity (Wildman–Crippen MR) is 120 cm³/mol. The zero-order valence-corrected chi connectivity index (χ0v) is 21.6. The van der Waals surface area contributed by atoms with Crippen molar-refractivity contribution in [1.29, 1.82) is 0 Å². The molecule has 0 saturated heterocycles. The van der Waals surface area contributed by atoms with E-state index in [1.165, 1.54) is 0 Å². The summed E-state index contributed by atoms with van der Waals surface area (Å²) in [6.45, 7) is 20.5. The highest BCUT2D eigenvalue weighted by Crippen LogP contribution is 2.33. The van der Waals surface area contributed by atoms with Crippen molar-refractivity contribution >= 4 is 30.9 Å². The standard InChI is InChI=1S/C19H37NO4Si3/c1-19(20,18(21)24-27(8,9)10)14-15-11-12-16(22-25(2,3)4)17(13-15)23-26(5,6)7/h11-13H,14,20H2,1-10H3. The Morgan fingerprint density at radius 1 is 0.889 bits per heavy atom. The molecule has 1 aromatic carbocycles. The molecular weight excluding hydrogens is 390 g/mol. The Bertz CT molecular complexity index is 671. The van der Waals surface area contributed by atoms with E-state index in [9.17, 15) is 4.79 Å². The van der Waals surface area contributed by atoms with Gasteiger partial charge in [-0.05, 0) is 83.5 Å². The third-order valence-electron chi connectivity index (χ3n) is 3.28. The fourth-order valence-corrected chi connectivity index (χ4v) is 4.81. The van der Waals surface area contributed by atoms with E-state index < -0.39 is 30.5 Å². The van der Waals surface area contributed by atoms with E-state index in [0.717, 1.165) is 17.1 Å². The Kier molecular flexibility index (Phi) is 7.18.